The molecule has 2 fully saturated rings. The summed E-state index contributed by atoms with van der Waals surface area (Å²) in [5, 5.41) is 6.23. The van der Waals surface area contributed by atoms with E-state index in [0.717, 1.165) is 28.9 Å². The van der Waals surface area contributed by atoms with Gasteiger partial charge in [-0.1, -0.05) is 37.6 Å². The standard InChI is InChI=1S/C32H29N3O6/c1-3-4-17-41-32(39)20-9-13-22(14-10-20)34-30(37)25-26(31(34)38)28(29(36)19-11-15-23(40-2)16-12-19)35-27(25)24-8-6-5-7-21(24)18-33-35/h5-16,18,25-28H,3-4,17H2,1-2H3/t25-,26-,27-,28+/m1/s1. The smallest absolute Gasteiger partial charge is 0.338 e. The summed E-state index contributed by atoms with van der Waals surface area (Å²) >= 11 is 0. The average molecular weight is 552 g/mol. The summed E-state index contributed by atoms with van der Waals surface area (Å²) in [6.07, 6.45) is 3.35. The molecular weight excluding hydrogens is 522 g/mol. The lowest BCUT2D eigenvalue weighted by atomic mass is 9.83. The quantitative estimate of drug-likeness (QED) is 0.177. The lowest BCUT2D eigenvalue weighted by Gasteiger charge is -2.33. The molecule has 0 aliphatic carbocycles. The number of hydrazone groups is 1. The maximum Gasteiger partial charge on any atom is 0.338 e. The summed E-state index contributed by atoms with van der Waals surface area (Å²) in [6.45, 7) is 2.34. The van der Waals surface area contributed by atoms with Gasteiger partial charge in [0.25, 0.3) is 0 Å². The van der Waals surface area contributed by atoms with Gasteiger partial charge in [-0.15, -0.1) is 0 Å². The molecule has 3 aromatic carbocycles. The zero-order valence-corrected chi connectivity index (χ0v) is 22.7. The van der Waals surface area contributed by atoms with Crippen molar-refractivity contribution >= 4 is 35.5 Å². The van der Waals surface area contributed by atoms with Crippen LogP contribution in [0.25, 0.3) is 0 Å². The third-order valence-electron chi connectivity index (χ3n) is 8.03. The molecule has 2 saturated heterocycles. The van der Waals surface area contributed by atoms with Crippen LogP contribution in [0.15, 0.2) is 77.9 Å². The number of benzene rings is 3. The monoisotopic (exact) mass is 551 g/mol. The number of nitrogens with zero attached hydrogens (tertiary/aromatic N) is 3. The van der Waals surface area contributed by atoms with Crippen LogP contribution in [-0.4, -0.2) is 54.5 Å². The van der Waals surface area contributed by atoms with Crippen LogP contribution in [0.2, 0.25) is 0 Å². The summed E-state index contributed by atoms with van der Waals surface area (Å²) in [5.74, 6) is -2.77. The molecule has 0 unspecified atom stereocenters. The number of methoxy groups -OCH3 is 1. The third kappa shape index (κ3) is 4.38. The third-order valence-corrected chi connectivity index (χ3v) is 8.03. The fourth-order valence-corrected chi connectivity index (χ4v) is 5.99. The van der Waals surface area contributed by atoms with E-state index in [2.05, 4.69) is 5.10 Å². The van der Waals surface area contributed by atoms with Crippen molar-refractivity contribution < 1.29 is 28.7 Å². The second-order valence-electron chi connectivity index (χ2n) is 10.3. The first-order chi connectivity index (χ1) is 19.9. The Balaban J connectivity index is 1.36. The Bertz CT molecular complexity index is 1550. The molecule has 3 heterocycles. The topological polar surface area (TPSA) is 106 Å². The molecule has 0 radical (unpaired) electrons. The van der Waals surface area contributed by atoms with Gasteiger partial charge in [-0.3, -0.25) is 19.4 Å². The summed E-state index contributed by atoms with van der Waals surface area (Å²) in [4.78, 5) is 55.6. The highest BCUT2D eigenvalue weighted by Gasteiger charge is 2.65. The van der Waals surface area contributed by atoms with E-state index in [0.29, 0.717) is 29.2 Å². The first kappa shape index (κ1) is 26.4. The lowest BCUT2D eigenvalue weighted by molar-refractivity contribution is -0.124. The Labute approximate surface area is 237 Å². The highest BCUT2D eigenvalue weighted by Crippen LogP contribution is 2.53. The normalized spacial score (nSPS) is 22.3. The minimum Gasteiger partial charge on any atom is -0.497 e. The molecule has 0 aromatic heterocycles. The predicted molar refractivity (Wildman–Crippen MR) is 151 cm³/mol. The number of esters is 1. The van der Waals surface area contributed by atoms with Crippen molar-refractivity contribution in [3.8, 4) is 5.75 Å². The van der Waals surface area contributed by atoms with Crippen molar-refractivity contribution in [1.82, 2.24) is 5.01 Å². The van der Waals surface area contributed by atoms with Gasteiger partial charge in [0.2, 0.25) is 11.8 Å². The molecule has 0 saturated carbocycles. The number of Topliss-reactive ketones (excluding diaryl/α,β-unsaturated/α-hetero) is 1. The van der Waals surface area contributed by atoms with Crippen LogP contribution < -0.4 is 9.64 Å². The summed E-state index contributed by atoms with van der Waals surface area (Å²) in [7, 11) is 1.54. The van der Waals surface area contributed by atoms with Crippen molar-refractivity contribution in [3.05, 3.63) is 95.1 Å². The molecule has 3 aromatic rings. The summed E-state index contributed by atoms with van der Waals surface area (Å²) < 4.78 is 10.5. The van der Waals surface area contributed by atoms with Gasteiger partial charge < -0.3 is 9.47 Å². The van der Waals surface area contributed by atoms with Crippen LogP contribution in [0.1, 0.15) is 57.7 Å². The first-order valence-electron chi connectivity index (χ1n) is 13.7. The van der Waals surface area contributed by atoms with Gasteiger partial charge in [0.05, 0.1) is 49.1 Å². The lowest BCUT2D eigenvalue weighted by Crippen LogP contribution is -2.44. The maximum atomic E-state index is 14.1. The fourth-order valence-electron chi connectivity index (χ4n) is 5.99. The minimum atomic E-state index is -0.975. The second kappa shape index (κ2) is 10.6. The van der Waals surface area contributed by atoms with Gasteiger partial charge in [-0.05, 0) is 66.1 Å². The number of ether oxygens (including phenoxy) is 2. The van der Waals surface area contributed by atoms with Gasteiger partial charge >= 0.3 is 5.97 Å². The van der Waals surface area contributed by atoms with Gasteiger partial charge in [-0.2, -0.15) is 5.10 Å². The number of carbonyl (C=O) groups excluding carboxylic acids is 4. The molecule has 0 spiro atoms. The Morgan fingerprint density at radius 1 is 0.878 bits per heavy atom. The van der Waals surface area contributed by atoms with E-state index in [-0.39, 0.29) is 5.78 Å². The van der Waals surface area contributed by atoms with E-state index < -0.39 is 41.7 Å². The molecular formula is C32H29N3O6. The van der Waals surface area contributed by atoms with Crippen molar-refractivity contribution in [2.75, 3.05) is 18.6 Å². The van der Waals surface area contributed by atoms with Gasteiger partial charge in [0.15, 0.2) is 5.78 Å². The maximum absolute atomic E-state index is 14.1. The SMILES string of the molecule is CCCCOC(=O)c1ccc(N2C(=O)[C@@H]3[C@@H](C2=O)[C@H]2c4ccccc4C=NN2[C@@H]3C(=O)c2ccc(OC)cc2)cc1. The molecule has 208 valence electrons. The zero-order chi connectivity index (χ0) is 28.7. The van der Waals surface area contributed by atoms with Crippen LogP contribution in [0.4, 0.5) is 5.69 Å². The minimum absolute atomic E-state index is 0.296. The van der Waals surface area contributed by atoms with E-state index in [1.807, 2.05) is 31.2 Å². The largest absolute Gasteiger partial charge is 0.497 e. The Morgan fingerprint density at radius 3 is 2.27 bits per heavy atom. The van der Waals surface area contributed by atoms with Crippen LogP contribution >= 0.6 is 0 Å². The fraction of sp³-hybridized carbons (Fsp3) is 0.281. The van der Waals surface area contributed by atoms with Crippen molar-refractivity contribution in [2.24, 2.45) is 16.9 Å². The van der Waals surface area contributed by atoms with Gasteiger partial charge in [0, 0.05) is 5.56 Å². The Kier molecular flexibility index (Phi) is 6.86. The summed E-state index contributed by atoms with van der Waals surface area (Å²) in [6, 6.07) is 18.9. The van der Waals surface area contributed by atoms with E-state index in [1.54, 1.807) is 66.9 Å². The molecule has 3 aliphatic heterocycles. The van der Waals surface area contributed by atoms with Gasteiger partial charge in [-0.25, -0.2) is 9.69 Å². The van der Waals surface area contributed by atoms with E-state index >= 15 is 0 Å². The molecule has 0 N–H and O–H groups in total. The molecule has 3 aliphatic rings. The number of anilines is 1. The number of hydrogen-bond acceptors (Lipinski definition) is 8. The molecule has 0 bridgehead atoms. The van der Waals surface area contributed by atoms with E-state index in [1.165, 1.54) is 0 Å². The second-order valence-corrected chi connectivity index (χ2v) is 10.3. The molecule has 2 amide bonds. The van der Waals surface area contributed by atoms with E-state index in [4.69, 9.17) is 9.47 Å². The number of rotatable bonds is 8. The molecule has 6 rings (SSSR count). The average Bonchev–Trinajstić information content (AvgIpc) is 3.49. The molecule has 9 nitrogen and oxygen atoms in total. The Morgan fingerprint density at radius 2 is 1.56 bits per heavy atom. The zero-order valence-electron chi connectivity index (χ0n) is 22.7. The van der Waals surface area contributed by atoms with Crippen LogP contribution in [0.3, 0.4) is 0 Å². The van der Waals surface area contributed by atoms with Crippen molar-refractivity contribution in [1.29, 1.82) is 0 Å². The summed E-state index contributed by atoms with van der Waals surface area (Å²) in [5.41, 5.74) is 2.76. The Hall–Kier alpha value is -4.79. The number of hydrogen-bond donors (Lipinski definition) is 0. The number of ketones is 1. The first-order valence-corrected chi connectivity index (χ1v) is 13.7. The van der Waals surface area contributed by atoms with Crippen LogP contribution in [0.5, 0.6) is 5.75 Å². The van der Waals surface area contributed by atoms with Crippen LogP contribution in [-0.2, 0) is 14.3 Å². The highest BCUT2D eigenvalue weighted by molar-refractivity contribution is 6.24. The highest BCUT2D eigenvalue weighted by atomic mass is 16.5. The molecule has 41 heavy (non-hydrogen) atoms. The number of fused-ring (bicyclic) bond motifs is 5. The van der Waals surface area contributed by atoms with Gasteiger partial charge in [0.1, 0.15) is 11.8 Å². The number of unbranched alkanes of at least 4 members (excludes halogenated alkanes) is 1. The predicted octanol–water partition coefficient (Wildman–Crippen LogP) is 4.41. The number of carbonyl (C=O) groups is 4. The number of amides is 2. The number of imide groups is 1. The van der Waals surface area contributed by atoms with Crippen LogP contribution in [0, 0.1) is 11.8 Å². The van der Waals surface area contributed by atoms with E-state index in [9.17, 15) is 19.2 Å². The molecule has 9 heteroatoms. The molecule has 4 atom stereocenters. The van der Waals surface area contributed by atoms with Crippen molar-refractivity contribution in [2.45, 2.75) is 31.8 Å². The van der Waals surface area contributed by atoms with Crippen molar-refractivity contribution in [3.63, 3.8) is 0 Å².